The average molecular weight is 1340 g/mol. The van der Waals surface area contributed by atoms with E-state index < -0.39 is 107 Å². The van der Waals surface area contributed by atoms with Gasteiger partial charge in [0.1, 0.15) is 99.5 Å². The summed E-state index contributed by atoms with van der Waals surface area (Å²) in [5, 5.41) is 67.4. The number of phenols is 1. The van der Waals surface area contributed by atoms with E-state index in [4.69, 9.17) is 30.8 Å². The van der Waals surface area contributed by atoms with E-state index in [1.54, 1.807) is 86.1 Å². The van der Waals surface area contributed by atoms with E-state index in [0.29, 0.717) is 43.0 Å². The number of fused-ring (bicyclic) bond motifs is 14. The Hall–Kier alpha value is -9.67. The van der Waals surface area contributed by atoms with Crippen LogP contribution in [0.1, 0.15) is 117 Å². The summed E-state index contributed by atoms with van der Waals surface area (Å²) in [5.74, 6) is -7.84. The lowest BCUT2D eigenvalue weighted by Crippen LogP contribution is -2.50. The van der Waals surface area contributed by atoms with E-state index in [-0.39, 0.29) is 66.4 Å². The maximum atomic E-state index is 14.8. The van der Waals surface area contributed by atoms with Gasteiger partial charge in [0.25, 0.3) is 29.5 Å². The molecular formula is C59H52N14O12S6. The maximum absolute atomic E-state index is 14.8. The molecule has 7 aromatic heterocycles. The second-order valence-corrected chi connectivity index (χ2v) is 26.0. The number of hydrogen-bond acceptors (Lipinski definition) is 24. The number of aromatic hydroxyl groups is 1. The Balaban J connectivity index is 1.05. The van der Waals surface area contributed by atoms with Crippen LogP contribution in [0.5, 0.6) is 5.75 Å². The fraction of sp³-hybridized carbons (Fsp3) is 0.203. The van der Waals surface area contributed by atoms with Crippen LogP contribution in [0.3, 0.4) is 0 Å². The summed E-state index contributed by atoms with van der Waals surface area (Å²) < 4.78 is 0. The molecule has 7 amide bonds. The number of carboxylic acid groups (broad SMARTS) is 1. The van der Waals surface area contributed by atoms with Crippen LogP contribution in [0.25, 0.3) is 43.4 Å². The molecule has 1 aliphatic rings. The molecule has 1 aliphatic heterocycles. The summed E-state index contributed by atoms with van der Waals surface area (Å²) in [6, 6.07) is 13.0. The molecule has 32 heteroatoms. The van der Waals surface area contributed by atoms with Gasteiger partial charge < -0.3 is 58.1 Å². The Bertz CT molecular complexity index is 4330. The molecule has 9 aromatic rings. The minimum absolute atomic E-state index is 0.0301. The van der Waals surface area contributed by atoms with Crippen molar-refractivity contribution in [2.24, 2.45) is 11.7 Å². The van der Waals surface area contributed by atoms with Crippen LogP contribution in [0.15, 0.2) is 118 Å². The van der Waals surface area contributed by atoms with Crippen molar-refractivity contribution in [1.29, 1.82) is 0 Å². The SMILES string of the molecule is C=C(NC(=O)C(=C)NC(=O)c1csc(-c2ccc3c(n2)-c2csc(n2)-c2csc(n2)[C@H]([C@@H](C)[C@@H](C)O)NC(=O)[C@H](Cc2ccc(O)cc2)NC(=O)c2csc(n2)[C@H]([C@H](O)c2ccccc2)NC(=O)c2nc(sc2C)[C@H](CC(N)=O)NC(=O)c2csc-3n2)n1)C(=O)O. The molecule has 0 unspecified atom stereocenters. The summed E-state index contributed by atoms with van der Waals surface area (Å²) in [5.41, 5.74) is 6.63. The molecular weight excluding hydrogens is 1290 g/mol. The van der Waals surface area contributed by atoms with Gasteiger partial charge in [0.2, 0.25) is 11.8 Å². The molecule has 0 fully saturated rings. The average Bonchev–Trinajstić information content (AvgIpc) is 1.72. The number of aliphatic hydroxyl groups excluding tert-OH is 2. The van der Waals surface area contributed by atoms with Crippen LogP contribution in [0, 0.1) is 12.8 Å². The second kappa shape index (κ2) is 27.6. The van der Waals surface area contributed by atoms with E-state index in [1.165, 1.54) is 50.9 Å². The Morgan fingerprint density at radius 2 is 1.23 bits per heavy atom. The van der Waals surface area contributed by atoms with Gasteiger partial charge in [0.05, 0.1) is 36.0 Å². The van der Waals surface area contributed by atoms with Crippen molar-refractivity contribution in [3.8, 4) is 49.1 Å². The minimum Gasteiger partial charge on any atom is -0.508 e. The fourth-order valence-electron chi connectivity index (χ4n) is 9.03. The van der Waals surface area contributed by atoms with Gasteiger partial charge in [0.15, 0.2) is 0 Å². The molecule has 466 valence electrons. The number of carboxylic acids is 1. The van der Waals surface area contributed by atoms with E-state index in [0.717, 1.165) is 45.3 Å². The number of carbonyl (C=O) groups excluding carboxylic acids is 7. The normalized spacial score (nSPS) is 17.2. The number of phenolic OH excluding ortho intramolecular Hbond substituents is 1. The first-order valence-corrected chi connectivity index (χ1v) is 32.4. The number of aliphatic carboxylic acids is 1. The van der Waals surface area contributed by atoms with E-state index in [1.807, 2.05) is 5.32 Å². The highest BCUT2D eigenvalue weighted by Gasteiger charge is 2.35. The first kappa shape index (κ1) is 64.3. The minimum atomic E-state index is -1.49. The number of hydrogen-bond donors (Lipinski definition) is 11. The third-order valence-electron chi connectivity index (χ3n) is 14.0. The van der Waals surface area contributed by atoms with Crippen molar-refractivity contribution in [2.75, 3.05) is 0 Å². The van der Waals surface area contributed by atoms with E-state index >= 15 is 0 Å². The summed E-state index contributed by atoms with van der Waals surface area (Å²) in [4.78, 5) is 141. The summed E-state index contributed by atoms with van der Waals surface area (Å²) >= 11 is 6.46. The molecule has 10 rings (SSSR count). The van der Waals surface area contributed by atoms with E-state index in [9.17, 15) is 53.7 Å². The Morgan fingerprint density at radius 1 is 0.615 bits per heavy atom. The number of amides is 7. The third kappa shape index (κ3) is 14.8. The predicted octanol–water partition coefficient (Wildman–Crippen LogP) is 6.54. The van der Waals surface area contributed by atoms with Crippen LogP contribution < -0.4 is 37.6 Å². The van der Waals surface area contributed by atoms with Crippen molar-refractivity contribution < 1.29 is 58.8 Å². The molecule has 12 N–H and O–H groups in total. The molecule has 0 saturated carbocycles. The first-order valence-electron chi connectivity index (χ1n) is 27.2. The van der Waals surface area contributed by atoms with Crippen molar-refractivity contribution in [1.82, 2.24) is 66.8 Å². The Morgan fingerprint density at radius 3 is 1.93 bits per heavy atom. The smallest absolute Gasteiger partial charge is 0.351 e. The second-order valence-electron chi connectivity index (χ2n) is 20.5. The lowest BCUT2D eigenvalue weighted by molar-refractivity contribution is -0.134. The topological polar surface area (TPSA) is 406 Å². The van der Waals surface area contributed by atoms with Gasteiger partial charge in [-0.05, 0) is 49.2 Å². The van der Waals surface area contributed by atoms with Crippen LogP contribution in [-0.2, 0) is 25.6 Å². The molecule has 0 radical (unpaired) electrons. The summed E-state index contributed by atoms with van der Waals surface area (Å²) in [7, 11) is 0. The van der Waals surface area contributed by atoms with Gasteiger partial charge >= 0.3 is 5.97 Å². The van der Waals surface area contributed by atoms with Gasteiger partial charge in [-0.1, -0.05) is 62.5 Å². The lowest BCUT2D eigenvalue weighted by Gasteiger charge is -2.28. The standard InChI is InChI=1S/C59H52N14O12S6/c1-24(27(4)74)42-57-70-40(23-90-57)55-66-36(19-87-55)44-32(15-16-33(63-44)54-68-37(21-88-54)49(80)61-25(2)47(78)62-26(3)59(84)85)53-67-38(20-86-53)51(82)65-35(18-41(60)76)56-73-43(28(5)91-56)52(83)72-45(46(77)30-9-7-6-8-10-30)58-69-39(22-89-58)50(81)64-34(48(79)71-42)17-29-11-13-31(75)14-12-29/h6-16,19-24,27,34-35,42,45-46,74-75,77H,2-3,17-18H2,1,4-5H3,(H2,60,76)(H,61,80)(H,62,78)(H,64,81)(H,65,82)(H,71,79)(H,72,83)(H,84,85)/t24-,27+,34-,35-,42-,45-,46+/m0/s1. The lowest BCUT2D eigenvalue weighted by atomic mass is 9.96. The number of carbonyl (C=O) groups is 8. The van der Waals surface area contributed by atoms with Crippen LogP contribution in [0.4, 0.5) is 0 Å². The number of aromatic nitrogens is 7. The predicted molar refractivity (Wildman–Crippen MR) is 340 cm³/mol. The molecule has 91 heavy (non-hydrogen) atoms. The third-order valence-corrected chi connectivity index (χ3v) is 19.6. The highest BCUT2D eigenvalue weighted by molar-refractivity contribution is 7.15. The van der Waals surface area contributed by atoms with Gasteiger partial charge in [-0.25, -0.2) is 39.7 Å². The molecule has 0 aliphatic carbocycles. The fourth-order valence-corrected chi connectivity index (χ4v) is 14.3. The van der Waals surface area contributed by atoms with Gasteiger partial charge in [-0.3, -0.25) is 33.6 Å². The van der Waals surface area contributed by atoms with E-state index in [2.05, 4.69) is 54.7 Å². The molecule has 0 spiro atoms. The largest absolute Gasteiger partial charge is 0.508 e. The molecule has 7 atom stereocenters. The molecule has 2 aromatic carbocycles. The van der Waals surface area contributed by atoms with Gasteiger partial charge in [-0.2, -0.15) is 0 Å². The molecule has 10 bridgehead atoms. The highest BCUT2D eigenvalue weighted by atomic mass is 32.1. The number of nitrogens with two attached hydrogens (primary N) is 1. The van der Waals surface area contributed by atoms with Crippen molar-refractivity contribution >= 4 is 115 Å². The van der Waals surface area contributed by atoms with Crippen LogP contribution >= 0.6 is 68.0 Å². The first-order chi connectivity index (χ1) is 43.5. The maximum Gasteiger partial charge on any atom is 0.351 e. The number of benzene rings is 2. The highest BCUT2D eigenvalue weighted by Crippen LogP contribution is 2.40. The Labute approximate surface area is 540 Å². The van der Waals surface area contributed by atoms with Gasteiger partial charge in [-0.15, -0.1) is 68.0 Å². The zero-order valence-electron chi connectivity index (χ0n) is 47.8. The number of aliphatic hydroxyl groups is 2. The molecule has 0 saturated heterocycles. The number of primary amides is 1. The van der Waals surface area contributed by atoms with Crippen molar-refractivity contribution in [3.05, 3.63) is 172 Å². The monoisotopic (exact) mass is 1340 g/mol. The number of pyridine rings is 1. The quantitative estimate of drug-likeness (QED) is 0.0515. The zero-order valence-corrected chi connectivity index (χ0v) is 52.7. The van der Waals surface area contributed by atoms with Crippen LogP contribution in [0.2, 0.25) is 0 Å². The number of nitrogens with one attached hydrogen (secondary N) is 6. The number of nitrogens with zero attached hydrogens (tertiary/aromatic N) is 7. The van der Waals surface area contributed by atoms with Crippen LogP contribution in [-0.4, -0.2) is 115 Å². The summed E-state index contributed by atoms with van der Waals surface area (Å²) in [6.07, 6.45) is -2.95. The molecule has 26 nitrogen and oxygen atoms in total. The summed E-state index contributed by atoms with van der Waals surface area (Å²) in [6.45, 7) is 11.7. The van der Waals surface area contributed by atoms with Crippen molar-refractivity contribution in [2.45, 2.75) is 70.0 Å². The van der Waals surface area contributed by atoms with Crippen molar-refractivity contribution in [3.63, 3.8) is 0 Å². The Kier molecular flexibility index (Phi) is 19.5. The zero-order chi connectivity index (χ0) is 64.9. The molecule has 8 heterocycles. The number of aryl methyl sites for hydroxylation is 1. The van der Waals surface area contributed by atoms with Gasteiger partial charge in [0, 0.05) is 49.7 Å². The number of thiazole rings is 6. The number of rotatable bonds is 14.